The molecule has 2 aromatic carbocycles. The van der Waals surface area contributed by atoms with Crippen molar-refractivity contribution in [3.8, 4) is 0 Å². The second-order valence-corrected chi connectivity index (χ2v) is 9.22. The summed E-state index contributed by atoms with van der Waals surface area (Å²) < 4.78 is 27.2. The quantitative estimate of drug-likeness (QED) is 0.503. The van der Waals surface area contributed by atoms with Crippen LogP contribution in [0, 0.1) is 6.92 Å². The largest absolute Gasteiger partial charge is 0.352 e. The SMILES string of the molecule is Cc1csc(CCCCNC(=O)c2ccc(NS(=O)(=O)c3ccccc3)cc2)n1. The van der Waals surface area contributed by atoms with Crippen molar-refractivity contribution in [3.63, 3.8) is 0 Å². The molecule has 3 rings (SSSR count). The molecule has 3 aromatic rings. The molecule has 0 aliphatic rings. The summed E-state index contributed by atoms with van der Waals surface area (Å²) >= 11 is 1.67. The van der Waals surface area contributed by atoms with Crippen LogP contribution in [-0.2, 0) is 16.4 Å². The molecular formula is C21H23N3O3S2. The molecule has 0 bridgehead atoms. The fourth-order valence-corrected chi connectivity index (χ4v) is 4.62. The highest BCUT2D eigenvalue weighted by molar-refractivity contribution is 7.92. The van der Waals surface area contributed by atoms with Crippen LogP contribution in [0.15, 0.2) is 64.9 Å². The summed E-state index contributed by atoms with van der Waals surface area (Å²) in [5.74, 6) is -0.174. The zero-order valence-corrected chi connectivity index (χ0v) is 17.7. The minimum Gasteiger partial charge on any atom is -0.352 e. The van der Waals surface area contributed by atoms with Gasteiger partial charge in [0.15, 0.2) is 0 Å². The molecule has 29 heavy (non-hydrogen) atoms. The van der Waals surface area contributed by atoms with Crippen molar-refractivity contribution < 1.29 is 13.2 Å². The maximum atomic E-state index is 12.3. The van der Waals surface area contributed by atoms with Crippen molar-refractivity contribution in [2.75, 3.05) is 11.3 Å². The van der Waals surface area contributed by atoms with Gasteiger partial charge in [-0.15, -0.1) is 11.3 Å². The number of aryl methyl sites for hydroxylation is 2. The highest BCUT2D eigenvalue weighted by Crippen LogP contribution is 2.16. The van der Waals surface area contributed by atoms with Gasteiger partial charge in [-0.3, -0.25) is 9.52 Å². The van der Waals surface area contributed by atoms with Crippen molar-refractivity contribution in [2.45, 2.75) is 31.1 Å². The van der Waals surface area contributed by atoms with Crippen LogP contribution in [0.2, 0.25) is 0 Å². The maximum absolute atomic E-state index is 12.3. The first-order chi connectivity index (χ1) is 13.9. The fraction of sp³-hybridized carbons (Fsp3) is 0.238. The predicted octanol–water partition coefficient (Wildman–Crippen LogP) is 4.01. The van der Waals surface area contributed by atoms with E-state index in [0.717, 1.165) is 30.0 Å². The van der Waals surface area contributed by atoms with Gasteiger partial charge in [0.05, 0.1) is 9.90 Å². The number of sulfonamides is 1. The van der Waals surface area contributed by atoms with E-state index in [1.165, 1.54) is 12.1 Å². The van der Waals surface area contributed by atoms with Crippen LogP contribution in [0.25, 0.3) is 0 Å². The molecule has 0 atom stereocenters. The van der Waals surface area contributed by atoms with Gasteiger partial charge < -0.3 is 5.32 Å². The first-order valence-electron chi connectivity index (χ1n) is 9.31. The first-order valence-corrected chi connectivity index (χ1v) is 11.7. The lowest BCUT2D eigenvalue weighted by Crippen LogP contribution is -2.24. The Hall–Kier alpha value is -2.71. The molecule has 0 saturated carbocycles. The Labute approximate surface area is 175 Å². The molecule has 152 valence electrons. The number of unbranched alkanes of at least 4 members (excludes halogenated alkanes) is 1. The summed E-state index contributed by atoms with van der Waals surface area (Å²) in [6.45, 7) is 2.57. The minimum absolute atomic E-state index is 0.174. The molecule has 0 aliphatic heterocycles. The summed E-state index contributed by atoms with van der Waals surface area (Å²) in [5, 5.41) is 6.06. The summed E-state index contributed by atoms with van der Waals surface area (Å²) in [6, 6.07) is 14.5. The van der Waals surface area contributed by atoms with Gasteiger partial charge in [0, 0.05) is 28.9 Å². The van der Waals surface area contributed by atoms with E-state index in [2.05, 4.69) is 15.0 Å². The zero-order chi connectivity index (χ0) is 20.7. The van der Waals surface area contributed by atoms with Crippen molar-refractivity contribution in [1.82, 2.24) is 10.3 Å². The number of carbonyl (C=O) groups is 1. The number of nitrogens with zero attached hydrogens (tertiary/aromatic N) is 1. The summed E-state index contributed by atoms with van der Waals surface area (Å²) in [6.07, 6.45) is 2.76. The summed E-state index contributed by atoms with van der Waals surface area (Å²) in [7, 11) is -3.64. The minimum atomic E-state index is -3.64. The van der Waals surface area contributed by atoms with Gasteiger partial charge in [-0.2, -0.15) is 0 Å². The number of anilines is 1. The number of hydrogen-bond donors (Lipinski definition) is 2. The van der Waals surface area contributed by atoms with Crippen LogP contribution in [-0.4, -0.2) is 25.9 Å². The van der Waals surface area contributed by atoms with Gasteiger partial charge in [-0.25, -0.2) is 13.4 Å². The molecular weight excluding hydrogens is 406 g/mol. The maximum Gasteiger partial charge on any atom is 0.261 e. The average Bonchev–Trinajstić information content (AvgIpc) is 3.13. The van der Waals surface area contributed by atoms with E-state index in [1.807, 2.05) is 12.3 Å². The van der Waals surface area contributed by atoms with E-state index in [9.17, 15) is 13.2 Å². The van der Waals surface area contributed by atoms with Gasteiger partial charge in [0.2, 0.25) is 0 Å². The Morgan fingerprint density at radius 3 is 2.41 bits per heavy atom. The van der Waals surface area contributed by atoms with Crippen LogP contribution >= 0.6 is 11.3 Å². The number of rotatable bonds is 9. The lowest BCUT2D eigenvalue weighted by molar-refractivity contribution is 0.0953. The van der Waals surface area contributed by atoms with Gasteiger partial charge in [0.1, 0.15) is 0 Å². The smallest absolute Gasteiger partial charge is 0.261 e. The van der Waals surface area contributed by atoms with Crippen molar-refractivity contribution in [1.29, 1.82) is 0 Å². The molecule has 0 radical (unpaired) electrons. The van der Waals surface area contributed by atoms with E-state index in [1.54, 1.807) is 53.8 Å². The van der Waals surface area contributed by atoms with Gasteiger partial charge in [-0.05, 0) is 62.6 Å². The van der Waals surface area contributed by atoms with E-state index in [0.29, 0.717) is 17.8 Å². The topological polar surface area (TPSA) is 88.2 Å². The third-order valence-corrected chi connectivity index (χ3v) is 6.65. The van der Waals surface area contributed by atoms with Crippen LogP contribution in [0.4, 0.5) is 5.69 Å². The standard InChI is InChI=1S/C21H23N3O3S2/c1-16-15-28-20(23-16)9-5-6-14-22-21(25)17-10-12-18(13-11-17)24-29(26,27)19-7-3-2-4-8-19/h2-4,7-8,10-13,15,24H,5-6,9,14H2,1H3,(H,22,25). The van der Waals surface area contributed by atoms with Crippen molar-refractivity contribution >= 4 is 33.0 Å². The molecule has 1 aromatic heterocycles. The third-order valence-electron chi connectivity index (χ3n) is 4.22. The van der Waals surface area contributed by atoms with Gasteiger partial charge >= 0.3 is 0 Å². The first kappa shape index (κ1) is 21.0. The van der Waals surface area contributed by atoms with Crippen LogP contribution < -0.4 is 10.0 Å². The molecule has 0 unspecified atom stereocenters. The molecule has 1 amide bonds. The second-order valence-electron chi connectivity index (χ2n) is 6.59. The van der Waals surface area contributed by atoms with Gasteiger partial charge in [0.25, 0.3) is 15.9 Å². The third kappa shape index (κ3) is 6.13. The van der Waals surface area contributed by atoms with Crippen LogP contribution in [0.1, 0.15) is 33.9 Å². The molecule has 0 saturated heterocycles. The van der Waals surface area contributed by atoms with Gasteiger partial charge in [-0.1, -0.05) is 18.2 Å². The molecule has 2 N–H and O–H groups in total. The number of carbonyl (C=O) groups excluding carboxylic acids is 1. The highest BCUT2D eigenvalue weighted by Gasteiger charge is 2.13. The Balaban J connectivity index is 1.46. The predicted molar refractivity (Wildman–Crippen MR) is 116 cm³/mol. The Morgan fingerprint density at radius 1 is 1.03 bits per heavy atom. The fourth-order valence-electron chi connectivity index (χ4n) is 2.73. The Kier molecular flexibility index (Phi) is 7.00. The molecule has 0 spiro atoms. The van der Waals surface area contributed by atoms with Crippen LogP contribution in [0.5, 0.6) is 0 Å². The summed E-state index contributed by atoms with van der Waals surface area (Å²) in [5.41, 5.74) is 1.94. The molecule has 0 aliphatic carbocycles. The number of thiazole rings is 1. The summed E-state index contributed by atoms with van der Waals surface area (Å²) in [4.78, 5) is 16.9. The number of amides is 1. The number of hydrogen-bond acceptors (Lipinski definition) is 5. The Bertz CT molecular complexity index is 1050. The Morgan fingerprint density at radius 2 is 1.76 bits per heavy atom. The molecule has 6 nitrogen and oxygen atoms in total. The van der Waals surface area contributed by atoms with Crippen molar-refractivity contribution in [3.05, 3.63) is 76.2 Å². The second kappa shape index (κ2) is 9.67. The van der Waals surface area contributed by atoms with Crippen molar-refractivity contribution in [2.24, 2.45) is 0 Å². The number of nitrogens with one attached hydrogen (secondary N) is 2. The lowest BCUT2D eigenvalue weighted by Gasteiger charge is -2.09. The van der Waals surface area contributed by atoms with E-state index >= 15 is 0 Å². The monoisotopic (exact) mass is 429 g/mol. The molecule has 8 heteroatoms. The molecule has 1 heterocycles. The van der Waals surface area contributed by atoms with E-state index in [-0.39, 0.29) is 10.8 Å². The van der Waals surface area contributed by atoms with E-state index in [4.69, 9.17) is 0 Å². The average molecular weight is 430 g/mol. The number of aromatic nitrogens is 1. The number of benzene rings is 2. The lowest BCUT2D eigenvalue weighted by atomic mass is 10.2. The van der Waals surface area contributed by atoms with Crippen LogP contribution in [0.3, 0.4) is 0 Å². The normalized spacial score (nSPS) is 11.2. The van der Waals surface area contributed by atoms with E-state index < -0.39 is 10.0 Å². The molecule has 0 fully saturated rings. The highest BCUT2D eigenvalue weighted by atomic mass is 32.2. The zero-order valence-electron chi connectivity index (χ0n) is 16.1.